The fourth-order valence-corrected chi connectivity index (χ4v) is 2.45. The van der Waals surface area contributed by atoms with Crippen LogP contribution in [0, 0.1) is 0 Å². The number of rotatable bonds is 5. The molecule has 122 valence electrons. The molecule has 0 amide bonds. The fraction of sp³-hybridized carbons (Fsp3) is 0.316. The molecular formula is C19H22O4. The van der Waals surface area contributed by atoms with E-state index in [2.05, 4.69) is 19.9 Å². The van der Waals surface area contributed by atoms with Crippen molar-refractivity contribution in [2.45, 2.75) is 40.0 Å². The predicted molar refractivity (Wildman–Crippen MR) is 91.9 cm³/mol. The average Bonchev–Trinajstić information content (AvgIpc) is 2.46. The van der Waals surface area contributed by atoms with Crippen molar-refractivity contribution in [3.05, 3.63) is 57.5 Å². The Bertz CT molecular complexity index is 821. The van der Waals surface area contributed by atoms with E-state index in [4.69, 9.17) is 4.42 Å². The normalized spacial score (nSPS) is 11.7. The zero-order valence-electron chi connectivity index (χ0n) is 13.7. The first-order chi connectivity index (χ1) is 10.9. The van der Waals surface area contributed by atoms with Gasteiger partial charge in [0.15, 0.2) is 5.43 Å². The van der Waals surface area contributed by atoms with Crippen LogP contribution in [0.2, 0.25) is 0 Å². The summed E-state index contributed by atoms with van der Waals surface area (Å²) >= 11 is 0. The highest BCUT2D eigenvalue weighted by molar-refractivity contribution is 5.87. The van der Waals surface area contributed by atoms with Gasteiger partial charge in [-0.25, -0.2) is 0 Å². The number of allylic oxidation sites excluding steroid dienone is 4. The summed E-state index contributed by atoms with van der Waals surface area (Å²) in [4.78, 5) is 11.9. The summed E-state index contributed by atoms with van der Waals surface area (Å²) in [5.74, 6) is -0.336. The molecule has 0 fully saturated rings. The molecule has 2 rings (SSSR count). The monoisotopic (exact) mass is 314 g/mol. The number of phenols is 2. The molecule has 0 atom stereocenters. The third-order valence-electron chi connectivity index (χ3n) is 3.74. The van der Waals surface area contributed by atoms with Gasteiger partial charge in [0.25, 0.3) is 0 Å². The van der Waals surface area contributed by atoms with Crippen LogP contribution in [0.1, 0.15) is 39.2 Å². The summed E-state index contributed by atoms with van der Waals surface area (Å²) in [5.41, 5.74) is 2.91. The Morgan fingerprint density at radius 1 is 1.17 bits per heavy atom. The molecule has 1 heterocycles. The van der Waals surface area contributed by atoms with E-state index < -0.39 is 0 Å². The topological polar surface area (TPSA) is 70.7 Å². The van der Waals surface area contributed by atoms with Crippen molar-refractivity contribution in [1.29, 1.82) is 0 Å². The zero-order chi connectivity index (χ0) is 17.0. The molecule has 23 heavy (non-hydrogen) atoms. The maximum atomic E-state index is 11.9. The van der Waals surface area contributed by atoms with Gasteiger partial charge in [0.2, 0.25) is 0 Å². The molecule has 0 radical (unpaired) electrons. The Labute approximate surface area is 135 Å². The highest BCUT2D eigenvalue weighted by Crippen LogP contribution is 2.33. The molecule has 0 aliphatic carbocycles. The number of hydrogen-bond acceptors (Lipinski definition) is 4. The van der Waals surface area contributed by atoms with Crippen molar-refractivity contribution in [2.24, 2.45) is 0 Å². The third-order valence-corrected chi connectivity index (χ3v) is 3.74. The van der Waals surface area contributed by atoms with E-state index in [0.717, 1.165) is 12.8 Å². The van der Waals surface area contributed by atoms with Gasteiger partial charge in [-0.3, -0.25) is 4.79 Å². The van der Waals surface area contributed by atoms with Crippen LogP contribution in [0.15, 0.2) is 50.9 Å². The molecule has 0 aliphatic rings. The van der Waals surface area contributed by atoms with Crippen LogP contribution in [-0.2, 0) is 6.42 Å². The van der Waals surface area contributed by atoms with E-state index in [1.807, 2.05) is 13.0 Å². The van der Waals surface area contributed by atoms with E-state index in [1.54, 1.807) is 0 Å². The first kappa shape index (κ1) is 16.9. The maximum Gasteiger partial charge on any atom is 0.196 e. The van der Waals surface area contributed by atoms with Crippen molar-refractivity contribution in [3.8, 4) is 11.5 Å². The lowest BCUT2D eigenvalue weighted by Gasteiger charge is -2.08. The van der Waals surface area contributed by atoms with Gasteiger partial charge >= 0.3 is 0 Å². The number of phenolic OH excluding ortho intramolecular Hbond substituents is 2. The largest absolute Gasteiger partial charge is 0.507 e. The minimum absolute atomic E-state index is 0.0716. The van der Waals surface area contributed by atoms with Crippen molar-refractivity contribution < 1.29 is 14.6 Å². The van der Waals surface area contributed by atoms with E-state index in [-0.39, 0.29) is 27.9 Å². The molecule has 0 spiro atoms. The molecule has 0 bridgehead atoms. The van der Waals surface area contributed by atoms with Gasteiger partial charge < -0.3 is 14.6 Å². The second kappa shape index (κ2) is 7.18. The second-order valence-electron chi connectivity index (χ2n) is 5.96. The van der Waals surface area contributed by atoms with Crippen molar-refractivity contribution in [1.82, 2.24) is 0 Å². The highest BCUT2D eigenvalue weighted by Gasteiger charge is 2.15. The van der Waals surface area contributed by atoms with Crippen LogP contribution in [0.25, 0.3) is 11.0 Å². The molecule has 4 heteroatoms. The smallest absolute Gasteiger partial charge is 0.196 e. The summed E-state index contributed by atoms with van der Waals surface area (Å²) in [5, 5.41) is 20.0. The zero-order valence-corrected chi connectivity index (χ0v) is 13.7. The van der Waals surface area contributed by atoms with Gasteiger partial charge in [-0.1, -0.05) is 23.3 Å². The van der Waals surface area contributed by atoms with Gasteiger partial charge in [-0.2, -0.15) is 0 Å². The second-order valence-corrected chi connectivity index (χ2v) is 5.96. The number of aromatic hydroxyl groups is 2. The average molecular weight is 314 g/mol. The number of benzene rings is 1. The SMILES string of the molecule is CC(C)=CCC/C(C)=C/Cc1c(O)cc(O)c2c(=O)ccoc12. The summed E-state index contributed by atoms with van der Waals surface area (Å²) in [7, 11) is 0. The Kier molecular flexibility index (Phi) is 5.27. The maximum absolute atomic E-state index is 11.9. The first-order valence-electron chi connectivity index (χ1n) is 7.64. The fourth-order valence-electron chi connectivity index (χ4n) is 2.45. The molecular weight excluding hydrogens is 292 g/mol. The summed E-state index contributed by atoms with van der Waals surface area (Å²) in [6.07, 6.45) is 7.82. The molecule has 0 aliphatic heterocycles. The Morgan fingerprint density at radius 3 is 2.61 bits per heavy atom. The molecule has 1 aromatic heterocycles. The van der Waals surface area contributed by atoms with E-state index in [9.17, 15) is 15.0 Å². The summed E-state index contributed by atoms with van der Waals surface area (Å²) in [6, 6.07) is 2.45. The standard InChI is InChI=1S/C19H22O4/c1-12(2)5-4-6-13(3)7-8-14-16(21)11-17(22)18-15(20)9-10-23-19(14)18/h5,7,9-11,21-22H,4,6,8H2,1-3H3/b13-7+. The molecule has 2 aromatic rings. The van der Waals surface area contributed by atoms with Crippen LogP contribution in [0.4, 0.5) is 0 Å². The van der Waals surface area contributed by atoms with E-state index >= 15 is 0 Å². The summed E-state index contributed by atoms with van der Waals surface area (Å²) in [6.45, 7) is 6.18. The Morgan fingerprint density at radius 2 is 1.91 bits per heavy atom. The minimum Gasteiger partial charge on any atom is -0.507 e. The van der Waals surface area contributed by atoms with Gasteiger partial charge in [-0.05, 0) is 40.0 Å². The lowest BCUT2D eigenvalue weighted by Crippen LogP contribution is -2.00. The van der Waals surface area contributed by atoms with Gasteiger partial charge in [0, 0.05) is 17.7 Å². The van der Waals surface area contributed by atoms with Crippen LogP contribution < -0.4 is 5.43 Å². The molecule has 0 saturated carbocycles. The van der Waals surface area contributed by atoms with Gasteiger partial charge in [0.1, 0.15) is 22.5 Å². The summed E-state index contributed by atoms with van der Waals surface area (Å²) < 4.78 is 5.37. The molecule has 4 nitrogen and oxygen atoms in total. The molecule has 0 saturated heterocycles. The number of fused-ring (bicyclic) bond motifs is 1. The van der Waals surface area contributed by atoms with Crippen molar-refractivity contribution >= 4 is 11.0 Å². The van der Waals surface area contributed by atoms with Crippen LogP contribution in [-0.4, -0.2) is 10.2 Å². The van der Waals surface area contributed by atoms with Gasteiger partial charge in [-0.15, -0.1) is 0 Å². The highest BCUT2D eigenvalue weighted by atomic mass is 16.3. The Balaban J connectivity index is 2.32. The number of hydrogen-bond donors (Lipinski definition) is 2. The van der Waals surface area contributed by atoms with E-state index in [1.165, 1.54) is 29.5 Å². The van der Waals surface area contributed by atoms with Crippen LogP contribution >= 0.6 is 0 Å². The Hall–Kier alpha value is -2.49. The first-order valence-corrected chi connectivity index (χ1v) is 7.64. The quantitative estimate of drug-likeness (QED) is 0.800. The van der Waals surface area contributed by atoms with Crippen molar-refractivity contribution in [3.63, 3.8) is 0 Å². The van der Waals surface area contributed by atoms with Crippen molar-refractivity contribution in [2.75, 3.05) is 0 Å². The lowest BCUT2D eigenvalue weighted by molar-refractivity contribution is 0.447. The van der Waals surface area contributed by atoms with E-state index in [0.29, 0.717) is 12.0 Å². The van der Waals surface area contributed by atoms with Crippen LogP contribution in [0.3, 0.4) is 0 Å². The predicted octanol–water partition coefficient (Wildman–Crippen LogP) is 4.44. The minimum atomic E-state index is -0.325. The molecule has 1 aromatic carbocycles. The third kappa shape index (κ3) is 4.03. The van der Waals surface area contributed by atoms with Gasteiger partial charge in [0.05, 0.1) is 6.26 Å². The van der Waals surface area contributed by atoms with Crippen LogP contribution in [0.5, 0.6) is 11.5 Å². The lowest BCUT2D eigenvalue weighted by atomic mass is 10.0. The molecule has 0 unspecified atom stereocenters. The molecule has 2 N–H and O–H groups in total.